The number of pyridine rings is 1. The summed E-state index contributed by atoms with van der Waals surface area (Å²) in [7, 11) is -3.99. The van der Waals surface area contributed by atoms with Crippen molar-refractivity contribution < 1.29 is 22.7 Å². The molecule has 1 heterocycles. The summed E-state index contributed by atoms with van der Waals surface area (Å²) in [5.41, 5.74) is -0.0798. The predicted octanol–water partition coefficient (Wildman–Crippen LogP) is 1.72. The standard InChI is InChI=1S/C12H9FN2O4S/c13-9-2-1-3-10(6-9)15-20(18,19)11-5-4-8(7-14-11)12(16)17/h1-7,15H,(H,16,17). The largest absolute Gasteiger partial charge is 0.478 e. The van der Waals surface area contributed by atoms with Gasteiger partial charge in [-0.15, -0.1) is 0 Å². The van der Waals surface area contributed by atoms with Crippen LogP contribution in [0.3, 0.4) is 0 Å². The Balaban J connectivity index is 2.28. The fraction of sp³-hybridized carbons (Fsp3) is 0. The third-order valence-electron chi connectivity index (χ3n) is 2.34. The first-order chi connectivity index (χ1) is 9.38. The molecule has 0 saturated carbocycles. The lowest BCUT2D eigenvalue weighted by Crippen LogP contribution is -2.15. The average Bonchev–Trinajstić information content (AvgIpc) is 2.38. The second-order valence-electron chi connectivity index (χ2n) is 3.81. The molecule has 2 rings (SSSR count). The lowest BCUT2D eigenvalue weighted by atomic mass is 10.3. The molecule has 20 heavy (non-hydrogen) atoms. The van der Waals surface area contributed by atoms with E-state index in [1.807, 2.05) is 0 Å². The van der Waals surface area contributed by atoms with Gasteiger partial charge >= 0.3 is 5.97 Å². The van der Waals surface area contributed by atoms with E-state index in [0.29, 0.717) is 0 Å². The van der Waals surface area contributed by atoms with E-state index in [-0.39, 0.29) is 16.3 Å². The Morgan fingerprint density at radius 2 is 2.00 bits per heavy atom. The lowest BCUT2D eigenvalue weighted by Gasteiger charge is -2.07. The van der Waals surface area contributed by atoms with E-state index in [1.54, 1.807) is 0 Å². The zero-order valence-electron chi connectivity index (χ0n) is 9.95. The molecular weight excluding hydrogens is 287 g/mol. The third kappa shape index (κ3) is 3.09. The van der Waals surface area contributed by atoms with Crippen LogP contribution >= 0.6 is 0 Å². The molecule has 2 aromatic rings. The van der Waals surface area contributed by atoms with Crippen molar-refractivity contribution in [1.29, 1.82) is 0 Å². The first-order valence-corrected chi connectivity index (χ1v) is 6.84. The van der Waals surface area contributed by atoms with Crippen molar-refractivity contribution in [3.05, 3.63) is 54.0 Å². The van der Waals surface area contributed by atoms with Crippen molar-refractivity contribution in [3.63, 3.8) is 0 Å². The van der Waals surface area contributed by atoms with Crippen molar-refractivity contribution in [2.45, 2.75) is 5.03 Å². The van der Waals surface area contributed by atoms with Gasteiger partial charge in [-0.2, -0.15) is 8.42 Å². The number of benzene rings is 1. The number of hydrogen-bond acceptors (Lipinski definition) is 4. The number of anilines is 1. The van der Waals surface area contributed by atoms with Gasteiger partial charge in [0.2, 0.25) is 0 Å². The van der Waals surface area contributed by atoms with Gasteiger partial charge in [-0.05, 0) is 30.3 Å². The number of carboxylic acid groups (broad SMARTS) is 1. The van der Waals surface area contributed by atoms with Crippen molar-refractivity contribution in [3.8, 4) is 0 Å². The number of hydrogen-bond donors (Lipinski definition) is 2. The van der Waals surface area contributed by atoms with E-state index in [0.717, 1.165) is 24.4 Å². The summed E-state index contributed by atoms with van der Waals surface area (Å²) < 4.78 is 39.0. The van der Waals surface area contributed by atoms with E-state index in [4.69, 9.17) is 5.11 Å². The number of carboxylic acids is 1. The van der Waals surface area contributed by atoms with E-state index in [1.165, 1.54) is 18.2 Å². The number of nitrogens with zero attached hydrogens (tertiary/aromatic N) is 1. The summed E-state index contributed by atoms with van der Waals surface area (Å²) in [5.74, 6) is -1.79. The van der Waals surface area contributed by atoms with Crippen molar-refractivity contribution in [1.82, 2.24) is 4.98 Å². The van der Waals surface area contributed by atoms with Crippen LogP contribution in [-0.2, 0) is 10.0 Å². The first kappa shape index (κ1) is 13.9. The van der Waals surface area contributed by atoms with E-state index < -0.39 is 21.8 Å². The quantitative estimate of drug-likeness (QED) is 0.895. The van der Waals surface area contributed by atoms with Crippen LogP contribution in [0.1, 0.15) is 10.4 Å². The third-order valence-corrected chi connectivity index (χ3v) is 3.63. The van der Waals surface area contributed by atoms with Crippen molar-refractivity contribution >= 4 is 21.7 Å². The summed E-state index contributed by atoms with van der Waals surface area (Å²) in [6, 6.07) is 7.11. The molecule has 0 saturated heterocycles. The number of aromatic nitrogens is 1. The number of nitrogens with one attached hydrogen (secondary N) is 1. The topological polar surface area (TPSA) is 96.4 Å². The van der Waals surface area contributed by atoms with Crippen LogP contribution in [0.15, 0.2) is 47.6 Å². The monoisotopic (exact) mass is 296 g/mol. The van der Waals surface area contributed by atoms with Crippen molar-refractivity contribution in [2.75, 3.05) is 4.72 Å². The van der Waals surface area contributed by atoms with Gasteiger partial charge in [0, 0.05) is 6.20 Å². The maximum Gasteiger partial charge on any atom is 0.337 e. The summed E-state index contributed by atoms with van der Waals surface area (Å²) in [5, 5.41) is 8.34. The number of rotatable bonds is 4. The molecule has 0 radical (unpaired) electrons. The Morgan fingerprint density at radius 3 is 2.55 bits per heavy atom. The minimum atomic E-state index is -3.99. The van der Waals surface area contributed by atoms with Gasteiger partial charge in [-0.1, -0.05) is 6.07 Å². The highest BCUT2D eigenvalue weighted by Crippen LogP contribution is 2.15. The maximum atomic E-state index is 13.0. The molecule has 0 fully saturated rings. The Bertz CT molecular complexity index is 744. The number of aromatic carboxylic acids is 1. The van der Waals surface area contributed by atoms with Crippen LogP contribution in [0.5, 0.6) is 0 Å². The highest BCUT2D eigenvalue weighted by Gasteiger charge is 2.16. The zero-order chi connectivity index (χ0) is 14.8. The van der Waals surface area contributed by atoms with Crippen LogP contribution in [0.4, 0.5) is 10.1 Å². The van der Waals surface area contributed by atoms with Gasteiger partial charge in [0.05, 0.1) is 11.3 Å². The molecule has 104 valence electrons. The predicted molar refractivity (Wildman–Crippen MR) is 68.4 cm³/mol. The van der Waals surface area contributed by atoms with Crippen LogP contribution in [0.25, 0.3) is 0 Å². The second kappa shape index (κ2) is 5.25. The van der Waals surface area contributed by atoms with Crippen LogP contribution in [0, 0.1) is 5.82 Å². The smallest absolute Gasteiger partial charge is 0.337 e. The Labute approximate surface area is 114 Å². The van der Waals surface area contributed by atoms with Crippen LogP contribution < -0.4 is 4.72 Å². The molecule has 0 amide bonds. The fourth-order valence-corrected chi connectivity index (χ4v) is 2.41. The number of sulfonamides is 1. The Morgan fingerprint density at radius 1 is 1.25 bits per heavy atom. The average molecular weight is 296 g/mol. The van der Waals surface area contributed by atoms with E-state index in [9.17, 15) is 17.6 Å². The lowest BCUT2D eigenvalue weighted by molar-refractivity contribution is 0.0696. The van der Waals surface area contributed by atoms with Crippen LogP contribution in [0.2, 0.25) is 0 Å². The van der Waals surface area contributed by atoms with Gasteiger partial charge in [0.1, 0.15) is 5.82 Å². The summed E-state index contributed by atoms with van der Waals surface area (Å²) in [6.07, 6.45) is 0.933. The van der Waals surface area contributed by atoms with E-state index >= 15 is 0 Å². The molecule has 0 aliphatic carbocycles. The molecule has 0 bridgehead atoms. The molecule has 0 aliphatic rings. The first-order valence-electron chi connectivity index (χ1n) is 5.36. The molecule has 1 aromatic carbocycles. The number of halogens is 1. The minimum Gasteiger partial charge on any atom is -0.478 e. The minimum absolute atomic E-state index is 0.0501. The molecular formula is C12H9FN2O4S. The Hall–Kier alpha value is -2.48. The molecule has 0 unspecified atom stereocenters. The molecule has 0 aliphatic heterocycles. The van der Waals surface area contributed by atoms with Gasteiger partial charge in [0.25, 0.3) is 10.0 Å². The van der Waals surface area contributed by atoms with Crippen LogP contribution in [-0.4, -0.2) is 24.5 Å². The van der Waals surface area contributed by atoms with Gasteiger partial charge in [-0.25, -0.2) is 14.2 Å². The normalized spacial score (nSPS) is 11.1. The molecule has 8 heteroatoms. The Kier molecular flexibility index (Phi) is 3.66. The zero-order valence-corrected chi connectivity index (χ0v) is 10.8. The highest BCUT2D eigenvalue weighted by atomic mass is 32.2. The van der Waals surface area contributed by atoms with E-state index in [2.05, 4.69) is 9.71 Å². The second-order valence-corrected chi connectivity index (χ2v) is 5.44. The molecule has 1 aromatic heterocycles. The molecule has 0 spiro atoms. The molecule has 0 atom stereocenters. The summed E-state index contributed by atoms with van der Waals surface area (Å²) in [4.78, 5) is 14.2. The fourth-order valence-electron chi connectivity index (χ4n) is 1.43. The maximum absolute atomic E-state index is 13.0. The van der Waals surface area contributed by atoms with Gasteiger partial charge in [-0.3, -0.25) is 4.72 Å². The van der Waals surface area contributed by atoms with Gasteiger partial charge in [0.15, 0.2) is 5.03 Å². The SMILES string of the molecule is O=C(O)c1ccc(S(=O)(=O)Nc2cccc(F)c2)nc1. The summed E-state index contributed by atoms with van der Waals surface area (Å²) in [6.45, 7) is 0. The van der Waals surface area contributed by atoms with Crippen molar-refractivity contribution in [2.24, 2.45) is 0 Å². The van der Waals surface area contributed by atoms with Gasteiger partial charge < -0.3 is 5.11 Å². The highest BCUT2D eigenvalue weighted by molar-refractivity contribution is 7.92. The summed E-state index contributed by atoms with van der Waals surface area (Å²) >= 11 is 0. The molecule has 2 N–H and O–H groups in total. The number of carbonyl (C=O) groups is 1. The molecule has 6 nitrogen and oxygen atoms in total.